The molecule has 0 heterocycles. The van der Waals surface area contributed by atoms with E-state index in [0.717, 1.165) is 12.1 Å². The molecule has 20 heavy (non-hydrogen) atoms. The van der Waals surface area contributed by atoms with E-state index in [4.69, 9.17) is 5.73 Å². The molecule has 3 N–H and O–H groups in total. The van der Waals surface area contributed by atoms with Crippen LogP contribution in [0.1, 0.15) is 5.56 Å². The lowest BCUT2D eigenvalue weighted by Gasteiger charge is -2.12. The van der Waals surface area contributed by atoms with Crippen molar-refractivity contribution in [3.8, 4) is 0 Å². The van der Waals surface area contributed by atoms with Gasteiger partial charge in [0.15, 0.2) is 11.6 Å². The molecule has 2 aromatic carbocycles. The summed E-state index contributed by atoms with van der Waals surface area (Å²) in [6.07, 6.45) is 0. The van der Waals surface area contributed by atoms with Crippen molar-refractivity contribution in [3.63, 3.8) is 0 Å². The van der Waals surface area contributed by atoms with Crippen molar-refractivity contribution in [2.75, 3.05) is 10.5 Å². The van der Waals surface area contributed by atoms with Crippen LogP contribution in [-0.4, -0.2) is 8.42 Å². The van der Waals surface area contributed by atoms with E-state index < -0.39 is 21.7 Å². The van der Waals surface area contributed by atoms with Gasteiger partial charge in [0.2, 0.25) is 0 Å². The fraction of sp³-hybridized carbons (Fsp3) is 0.0769. The second kappa shape index (κ2) is 5.09. The second-order valence-electron chi connectivity index (χ2n) is 4.20. The first-order chi connectivity index (χ1) is 9.31. The van der Waals surface area contributed by atoms with E-state index in [1.54, 1.807) is 19.1 Å². The summed E-state index contributed by atoms with van der Waals surface area (Å²) in [7, 11) is -4.00. The molecule has 0 unspecified atom stereocenters. The average Bonchev–Trinajstić information content (AvgIpc) is 2.38. The van der Waals surface area contributed by atoms with Crippen molar-refractivity contribution in [2.45, 2.75) is 11.8 Å². The molecule has 0 aliphatic carbocycles. The predicted octanol–water partition coefficient (Wildman–Crippen LogP) is 2.66. The summed E-state index contributed by atoms with van der Waals surface area (Å²) in [5, 5.41) is 0. The van der Waals surface area contributed by atoms with Crippen LogP contribution >= 0.6 is 0 Å². The topological polar surface area (TPSA) is 72.2 Å². The first kappa shape index (κ1) is 14.3. The van der Waals surface area contributed by atoms with Crippen molar-refractivity contribution < 1.29 is 17.2 Å². The normalized spacial score (nSPS) is 11.3. The number of sulfonamides is 1. The quantitative estimate of drug-likeness (QED) is 0.856. The Hall–Kier alpha value is -2.15. The Morgan fingerprint density at radius 3 is 2.45 bits per heavy atom. The van der Waals surface area contributed by atoms with Crippen molar-refractivity contribution in [2.24, 2.45) is 0 Å². The zero-order chi connectivity index (χ0) is 14.9. The van der Waals surface area contributed by atoms with Gasteiger partial charge in [-0.2, -0.15) is 0 Å². The number of benzene rings is 2. The van der Waals surface area contributed by atoms with Crippen molar-refractivity contribution in [1.82, 2.24) is 0 Å². The van der Waals surface area contributed by atoms with E-state index in [9.17, 15) is 17.2 Å². The van der Waals surface area contributed by atoms with Gasteiger partial charge in [0.05, 0.1) is 10.6 Å². The molecule has 0 spiro atoms. The summed E-state index contributed by atoms with van der Waals surface area (Å²) in [5.41, 5.74) is 6.95. The molecule has 0 aliphatic rings. The number of nitrogens with one attached hydrogen (secondary N) is 1. The highest BCUT2D eigenvalue weighted by molar-refractivity contribution is 7.92. The minimum atomic E-state index is -4.00. The molecule has 0 aromatic heterocycles. The van der Waals surface area contributed by atoms with Crippen LogP contribution < -0.4 is 10.5 Å². The van der Waals surface area contributed by atoms with E-state index >= 15 is 0 Å². The Morgan fingerprint density at radius 2 is 1.80 bits per heavy atom. The minimum absolute atomic E-state index is 0.287. The zero-order valence-corrected chi connectivity index (χ0v) is 11.3. The monoisotopic (exact) mass is 298 g/mol. The SMILES string of the molecule is Cc1c(N)cccc1NS(=O)(=O)c1ccc(F)c(F)c1. The van der Waals surface area contributed by atoms with Gasteiger partial charge in [-0.25, -0.2) is 17.2 Å². The summed E-state index contributed by atoms with van der Waals surface area (Å²) in [4.78, 5) is -0.363. The summed E-state index contributed by atoms with van der Waals surface area (Å²) < 4.78 is 52.4. The standard InChI is InChI=1S/C13H12F2N2O2S/c1-8-12(16)3-2-4-13(8)17-20(18,19)9-5-6-10(14)11(15)7-9/h2-7,17H,16H2,1H3. The molecule has 0 amide bonds. The molecule has 0 atom stereocenters. The third-order valence-electron chi connectivity index (χ3n) is 2.82. The minimum Gasteiger partial charge on any atom is -0.398 e. The number of hydrogen-bond donors (Lipinski definition) is 2. The van der Waals surface area contributed by atoms with Gasteiger partial charge in [0.1, 0.15) is 0 Å². The molecule has 0 saturated carbocycles. The number of hydrogen-bond acceptors (Lipinski definition) is 3. The largest absolute Gasteiger partial charge is 0.398 e. The van der Waals surface area contributed by atoms with Gasteiger partial charge in [-0.05, 0) is 42.8 Å². The first-order valence-electron chi connectivity index (χ1n) is 5.64. The van der Waals surface area contributed by atoms with Crippen molar-refractivity contribution in [1.29, 1.82) is 0 Å². The maximum atomic E-state index is 13.1. The summed E-state index contributed by atoms with van der Waals surface area (Å²) in [6, 6.07) is 7.12. The van der Waals surface area contributed by atoms with Crippen LogP contribution in [0, 0.1) is 18.6 Å². The van der Waals surface area contributed by atoms with Crippen LogP contribution in [0.15, 0.2) is 41.3 Å². The number of nitrogens with two attached hydrogens (primary N) is 1. The van der Waals surface area contributed by atoms with Crippen LogP contribution in [0.2, 0.25) is 0 Å². The fourth-order valence-corrected chi connectivity index (χ4v) is 2.75. The maximum Gasteiger partial charge on any atom is 0.262 e. The molecule has 0 radical (unpaired) electrons. The molecule has 4 nitrogen and oxygen atoms in total. The molecule has 0 saturated heterocycles. The first-order valence-corrected chi connectivity index (χ1v) is 7.12. The lowest BCUT2D eigenvalue weighted by atomic mass is 10.2. The molecule has 0 fully saturated rings. The maximum absolute atomic E-state index is 13.1. The molecule has 2 aromatic rings. The van der Waals surface area contributed by atoms with Crippen LogP contribution in [0.3, 0.4) is 0 Å². The molecule has 2 rings (SSSR count). The average molecular weight is 298 g/mol. The van der Waals surface area contributed by atoms with Gasteiger partial charge in [0, 0.05) is 5.69 Å². The highest BCUT2D eigenvalue weighted by Crippen LogP contribution is 2.24. The zero-order valence-electron chi connectivity index (χ0n) is 10.5. The lowest BCUT2D eigenvalue weighted by Crippen LogP contribution is -2.14. The van der Waals surface area contributed by atoms with Crippen molar-refractivity contribution in [3.05, 3.63) is 53.6 Å². The van der Waals surface area contributed by atoms with E-state index in [-0.39, 0.29) is 10.6 Å². The van der Waals surface area contributed by atoms with Gasteiger partial charge in [0.25, 0.3) is 10.0 Å². The molecular weight excluding hydrogens is 286 g/mol. The predicted molar refractivity (Wildman–Crippen MR) is 72.8 cm³/mol. The van der Waals surface area contributed by atoms with E-state index in [1.165, 1.54) is 6.07 Å². The molecule has 7 heteroatoms. The smallest absolute Gasteiger partial charge is 0.262 e. The Labute approximate surface area is 115 Å². The highest BCUT2D eigenvalue weighted by atomic mass is 32.2. The fourth-order valence-electron chi connectivity index (χ4n) is 1.61. The Morgan fingerprint density at radius 1 is 1.10 bits per heavy atom. The number of nitrogen functional groups attached to an aromatic ring is 1. The summed E-state index contributed by atoms with van der Waals surface area (Å²) in [6.45, 7) is 1.65. The molecule has 106 valence electrons. The van der Waals surface area contributed by atoms with Crippen LogP contribution in [0.4, 0.5) is 20.2 Å². The van der Waals surface area contributed by atoms with E-state index in [0.29, 0.717) is 17.3 Å². The van der Waals surface area contributed by atoms with E-state index in [1.807, 2.05) is 0 Å². The molecule has 0 aliphatic heterocycles. The molecule has 0 bridgehead atoms. The number of rotatable bonds is 3. The second-order valence-corrected chi connectivity index (χ2v) is 5.88. The third kappa shape index (κ3) is 2.72. The third-order valence-corrected chi connectivity index (χ3v) is 4.18. The van der Waals surface area contributed by atoms with Gasteiger partial charge in [-0.1, -0.05) is 6.07 Å². The Kier molecular flexibility index (Phi) is 3.63. The van der Waals surface area contributed by atoms with Gasteiger partial charge in [-0.15, -0.1) is 0 Å². The van der Waals surface area contributed by atoms with Gasteiger partial charge >= 0.3 is 0 Å². The van der Waals surface area contributed by atoms with Crippen LogP contribution in [0.25, 0.3) is 0 Å². The Bertz CT molecular complexity index is 761. The Balaban J connectivity index is 2.41. The van der Waals surface area contributed by atoms with Gasteiger partial charge in [-0.3, -0.25) is 4.72 Å². The number of anilines is 2. The van der Waals surface area contributed by atoms with Crippen LogP contribution in [0.5, 0.6) is 0 Å². The van der Waals surface area contributed by atoms with Crippen LogP contribution in [-0.2, 0) is 10.0 Å². The summed E-state index contributed by atoms with van der Waals surface area (Å²) in [5.74, 6) is -2.33. The van der Waals surface area contributed by atoms with Crippen molar-refractivity contribution >= 4 is 21.4 Å². The van der Waals surface area contributed by atoms with E-state index in [2.05, 4.69) is 4.72 Å². The number of halogens is 2. The lowest BCUT2D eigenvalue weighted by molar-refractivity contribution is 0.504. The molecular formula is C13H12F2N2O2S. The van der Waals surface area contributed by atoms with Gasteiger partial charge < -0.3 is 5.73 Å². The highest BCUT2D eigenvalue weighted by Gasteiger charge is 2.17. The summed E-state index contributed by atoms with van der Waals surface area (Å²) >= 11 is 0.